The molecule has 1 aromatic heterocycles. The molecule has 1 aliphatic rings. The largest absolute Gasteiger partial charge is 0.351 e. The molecule has 0 spiro atoms. The second-order valence-electron chi connectivity index (χ2n) is 5.06. The van der Waals surface area contributed by atoms with Crippen molar-refractivity contribution in [2.75, 3.05) is 6.35 Å². The van der Waals surface area contributed by atoms with Gasteiger partial charge in [-0.2, -0.15) is 0 Å². The summed E-state index contributed by atoms with van der Waals surface area (Å²) in [4.78, 5) is 43.4. The van der Waals surface area contributed by atoms with Gasteiger partial charge in [0.1, 0.15) is 0 Å². The number of rotatable bonds is 4. The maximum Gasteiger partial charge on any atom is 0.351 e. The molecule has 2 rings (SSSR count). The fourth-order valence-electron chi connectivity index (χ4n) is 2.18. The molecular formula is C11H17N2NaO7P. The van der Waals surface area contributed by atoms with Crippen LogP contribution in [0.2, 0.25) is 0 Å². The Bertz CT molecular complexity index is 696. The number of aromatic nitrogens is 2. The maximum absolute atomic E-state index is 12.0. The minimum absolute atomic E-state index is 0. The molecule has 3 N–H and O–H groups in total. The molecule has 0 amide bonds. The number of ether oxygens (including phenoxy) is 2. The summed E-state index contributed by atoms with van der Waals surface area (Å²) in [6.45, 7) is 3.26. The molecule has 2 atom stereocenters. The standard InChI is InChI=1S/C11H17N2O7P.Na/c1-7-5-13(10(15)12-9(7)14)11(4-3-8(2)20-11)19-6-21(16,17)18;/h5,8H,3-4,6H2,1-2H3,(H,12,14,15)(H2,16,17,18);. The van der Waals surface area contributed by atoms with Crippen LogP contribution in [0, 0.1) is 6.92 Å². The van der Waals surface area contributed by atoms with E-state index in [1.54, 1.807) is 6.92 Å². The van der Waals surface area contributed by atoms with Gasteiger partial charge in [-0.15, -0.1) is 0 Å². The summed E-state index contributed by atoms with van der Waals surface area (Å²) in [6.07, 6.45) is 0.912. The van der Waals surface area contributed by atoms with Gasteiger partial charge in [0.15, 0.2) is 6.35 Å². The quantitative estimate of drug-likeness (QED) is 0.493. The van der Waals surface area contributed by atoms with Crippen molar-refractivity contribution >= 4 is 37.2 Å². The first kappa shape index (κ1) is 19.8. The predicted molar refractivity (Wildman–Crippen MR) is 77.6 cm³/mol. The number of aromatic amines is 1. The monoisotopic (exact) mass is 343 g/mol. The fourth-order valence-corrected chi connectivity index (χ4v) is 2.55. The van der Waals surface area contributed by atoms with Gasteiger partial charge in [-0.1, -0.05) is 0 Å². The average Bonchev–Trinajstić information content (AvgIpc) is 2.73. The number of nitrogens with zero attached hydrogens (tertiary/aromatic N) is 1. The van der Waals surface area contributed by atoms with Gasteiger partial charge >= 0.3 is 13.3 Å². The van der Waals surface area contributed by atoms with E-state index in [1.165, 1.54) is 13.1 Å². The van der Waals surface area contributed by atoms with E-state index in [0.717, 1.165) is 4.57 Å². The summed E-state index contributed by atoms with van der Waals surface area (Å²) in [5, 5.41) is 0. The Balaban J connectivity index is 0.00000242. The third-order valence-electron chi connectivity index (χ3n) is 3.20. The van der Waals surface area contributed by atoms with Crippen molar-refractivity contribution in [3.63, 3.8) is 0 Å². The topological polar surface area (TPSA) is 131 Å². The molecule has 0 bridgehead atoms. The summed E-state index contributed by atoms with van der Waals surface area (Å²) >= 11 is 0. The molecule has 119 valence electrons. The molecule has 1 radical (unpaired) electrons. The smallest absolute Gasteiger partial charge is 0.329 e. The Morgan fingerprint density at radius 2 is 2.18 bits per heavy atom. The molecule has 0 saturated carbocycles. The third-order valence-corrected chi connectivity index (χ3v) is 3.66. The zero-order valence-corrected chi connectivity index (χ0v) is 15.5. The van der Waals surface area contributed by atoms with Gasteiger partial charge in [0, 0.05) is 47.7 Å². The molecule has 1 aromatic rings. The molecule has 9 nitrogen and oxygen atoms in total. The van der Waals surface area contributed by atoms with E-state index in [4.69, 9.17) is 19.3 Å². The van der Waals surface area contributed by atoms with E-state index >= 15 is 0 Å². The SMILES string of the molecule is Cc1cn(C2(OCP(=O)(O)O)CCC(C)O2)c(=O)[nH]c1=O.[Na]. The molecule has 2 heterocycles. The fraction of sp³-hybridized carbons (Fsp3) is 0.636. The van der Waals surface area contributed by atoms with Crippen LogP contribution in [-0.4, -0.2) is 61.3 Å². The molecule has 22 heavy (non-hydrogen) atoms. The van der Waals surface area contributed by atoms with E-state index in [0.29, 0.717) is 6.42 Å². The van der Waals surface area contributed by atoms with Gasteiger partial charge < -0.3 is 19.3 Å². The van der Waals surface area contributed by atoms with Gasteiger partial charge in [-0.3, -0.25) is 14.3 Å². The summed E-state index contributed by atoms with van der Waals surface area (Å²) < 4.78 is 22.9. The number of nitrogens with one attached hydrogen (secondary N) is 1. The van der Waals surface area contributed by atoms with Crippen LogP contribution in [-0.2, 0) is 19.9 Å². The second-order valence-corrected chi connectivity index (χ2v) is 6.65. The summed E-state index contributed by atoms with van der Waals surface area (Å²) in [5.74, 6) is -1.62. The molecule has 2 unspecified atom stereocenters. The second kappa shape index (κ2) is 7.11. The molecule has 0 aromatic carbocycles. The van der Waals surface area contributed by atoms with E-state index < -0.39 is 31.1 Å². The van der Waals surface area contributed by atoms with Gasteiger partial charge in [0.2, 0.25) is 0 Å². The van der Waals surface area contributed by atoms with E-state index in [-0.39, 0.29) is 47.6 Å². The molecule has 1 saturated heterocycles. The molecule has 1 fully saturated rings. The normalized spacial score (nSPS) is 25.0. The van der Waals surface area contributed by atoms with Crippen molar-refractivity contribution in [1.82, 2.24) is 9.55 Å². The van der Waals surface area contributed by atoms with Crippen molar-refractivity contribution < 1.29 is 23.8 Å². The van der Waals surface area contributed by atoms with Crippen LogP contribution < -0.4 is 11.2 Å². The Kier molecular flexibility index (Phi) is 6.39. The molecule has 0 aliphatic carbocycles. The molecular weight excluding hydrogens is 326 g/mol. The Labute approximate surface area is 148 Å². The number of hydrogen-bond acceptors (Lipinski definition) is 5. The Hall–Kier alpha value is -0.250. The van der Waals surface area contributed by atoms with Crippen LogP contribution >= 0.6 is 7.60 Å². The van der Waals surface area contributed by atoms with Gasteiger partial charge in [0.05, 0.1) is 6.10 Å². The van der Waals surface area contributed by atoms with Crippen LogP contribution in [0.5, 0.6) is 0 Å². The van der Waals surface area contributed by atoms with Crippen molar-refractivity contribution in [2.24, 2.45) is 0 Å². The van der Waals surface area contributed by atoms with Gasteiger partial charge in [-0.25, -0.2) is 9.36 Å². The number of H-pyrrole nitrogens is 1. The van der Waals surface area contributed by atoms with Crippen LogP contribution in [0.3, 0.4) is 0 Å². The number of hydrogen-bond donors (Lipinski definition) is 3. The van der Waals surface area contributed by atoms with Gasteiger partial charge in [0.25, 0.3) is 11.5 Å². The van der Waals surface area contributed by atoms with Crippen molar-refractivity contribution in [1.29, 1.82) is 0 Å². The third kappa shape index (κ3) is 4.39. The minimum Gasteiger partial charge on any atom is -0.329 e. The first-order valence-corrected chi connectivity index (χ1v) is 8.12. The van der Waals surface area contributed by atoms with E-state index in [9.17, 15) is 14.2 Å². The maximum atomic E-state index is 12.0. The Morgan fingerprint density at radius 1 is 1.55 bits per heavy atom. The van der Waals surface area contributed by atoms with Crippen molar-refractivity contribution in [2.45, 2.75) is 38.7 Å². The summed E-state index contributed by atoms with van der Waals surface area (Å²) in [7, 11) is -4.43. The van der Waals surface area contributed by atoms with Gasteiger partial charge in [-0.05, 0) is 20.3 Å². The zero-order chi connectivity index (χ0) is 15.8. The van der Waals surface area contributed by atoms with Crippen LogP contribution in [0.1, 0.15) is 25.3 Å². The average molecular weight is 343 g/mol. The van der Waals surface area contributed by atoms with Crippen LogP contribution in [0.25, 0.3) is 0 Å². The summed E-state index contributed by atoms with van der Waals surface area (Å²) in [6, 6.07) is 0. The van der Waals surface area contributed by atoms with E-state index in [1.807, 2.05) is 0 Å². The van der Waals surface area contributed by atoms with Crippen molar-refractivity contribution in [3.8, 4) is 0 Å². The van der Waals surface area contributed by atoms with Crippen molar-refractivity contribution in [3.05, 3.63) is 32.6 Å². The summed E-state index contributed by atoms with van der Waals surface area (Å²) in [5.41, 5.74) is -1.03. The predicted octanol–water partition coefficient (Wildman–Crippen LogP) is -0.575. The first-order valence-electron chi connectivity index (χ1n) is 6.32. The number of aryl methyl sites for hydroxylation is 1. The Morgan fingerprint density at radius 3 is 2.68 bits per heavy atom. The zero-order valence-electron chi connectivity index (χ0n) is 12.6. The molecule has 1 aliphatic heterocycles. The van der Waals surface area contributed by atoms with Crippen LogP contribution in [0.15, 0.2) is 15.8 Å². The molecule has 11 heteroatoms. The van der Waals surface area contributed by atoms with Crippen LogP contribution in [0.4, 0.5) is 0 Å². The first-order chi connectivity index (χ1) is 9.63. The minimum atomic E-state index is -4.43. The van der Waals surface area contributed by atoms with E-state index in [2.05, 4.69) is 4.98 Å².